The van der Waals surface area contributed by atoms with Gasteiger partial charge in [-0.15, -0.1) is 0 Å². The molecule has 0 spiro atoms. The SMILES string of the molecule is COC(=O)/C=C/[C@@H](C)[C@H]1CC[C@H]2[C@@H]3CC=C4C[C@@H](OCC5COC5)CC[C@]4(C)[C@H]3CC[C@]12C. The summed E-state index contributed by atoms with van der Waals surface area (Å²) in [4.78, 5) is 11.6. The molecule has 4 heteroatoms. The average Bonchev–Trinajstić information content (AvgIpc) is 3.13. The third kappa shape index (κ3) is 4.14. The van der Waals surface area contributed by atoms with Gasteiger partial charge in [-0.3, -0.25) is 0 Å². The molecule has 0 radical (unpaired) electrons. The summed E-state index contributed by atoms with van der Waals surface area (Å²) >= 11 is 0. The summed E-state index contributed by atoms with van der Waals surface area (Å²) in [6.07, 6.45) is 17.1. The Hall–Kier alpha value is -1.13. The first-order valence-electron chi connectivity index (χ1n) is 13.5. The summed E-state index contributed by atoms with van der Waals surface area (Å²) < 4.78 is 16.5. The van der Waals surface area contributed by atoms with E-state index in [0.717, 1.165) is 44.0 Å². The van der Waals surface area contributed by atoms with Crippen molar-refractivity contribution in [2.75, 3.05) is 26.9 Å². The van der Waals surface area contributed by atoms with Gasteiger partial charge in [0.2, 0.25) is 0 Å². The largest absolute Gasteiger partial charge is 0.466 e. The van der Waals surface area contributed by atoms with Gasteiger partial charge in [-0.25, -0.2) is 4.79 Å². The molecule has 0 N–H and O–H groups in total. The molecule has 184 valence electrons. The molecule has 0 aromatic carbocycles. The number of methoxy groups -OCH3 is 1. The lowest BCUT2D eigenvalue weighted by Crippen LogP contribution is -2.51. The Morgan fingerprint density at radius 2 is 2.00 bits per heavy atom. The van der Waals surface area contributed by atoms with E-state index in [-0.39, 0.29) is 5.97 Å². The quantitative estimate of drug-likeness (QED) is 0.281. The first-order valence-corrected chi connectivity index (χ1v) is 13.5. The zero-order valence-electron chi connectivity index (χ0n) is 21.2. The fraction of sp³-hybridized carbons (Fsp3) is 0.828. The van der Waals surface area contributed by atoms with E-state index in [1.54, 1.807) is 11.6 Å². The first kappa shape index (κ1) is 23.6. The Morgan fingerprint density at radius 1 is 1.18 bits per heavy atom. The number of hydrogen-bond acceptors (Lipinski definition) is 4. The predicted molar refractivity (Wildman–Crippen MR) is 130 cm³/mol. The summed E-state index contributed by atoms with van der Waals surface area (Å²) in [5, 5.41) is 0. The highest BCUT2D eigenvalue weighted by molar-refractivity contribution is 5.81. The number of esters is 1. The van der Waals surface area contributed by atoms with Crippen LogP contribution in [0.3, 0.4) is 0 Å². The van der Waals surface area contributed by atoms with Gasteiger partial charge in [0.15, 0.2) is 0 Å². The topological polar surface area (TPSA) is 44.8 Å². The zero-order chi connectivity index (χ0) is 23.2. The number of fused-ring (bicyclic) bond motifs is 5. The van der Waals surface area contributed by atoms with Crippen molar-refractivity contribution in [3.8, 4) is 0 Å². The second kappa shape index (κ2) is 9.15. The van der Waals surface area contributed by atoms with E-state index in [1.807, 2.05) is 0 Å². The van der Waals surface area contributed by atoms with Crippen molar-refractivity contribution in [2.45, 2.75) is 78.2 Å². The predicted octanol–water partition coefficient (Wildman–Crippen LogP) is 5.96. The molecule has 5 aliphatic rings. The van der Waals surface area contributed by atoms with Crippen LogP contribution in [0.15, 0.2) is 23.8 Å². The molecule has 5 rings (SSSR count). The lowest BCUT2D eigenvalue weighted by atomic mass is 9.47. The number of hydrogen-bond donors (Lipinski definition) is 0. The summed E-state index contributed by atoms with van der Waals surface area (Å²) in [7, 11) is 1.46. The summed E-state index contributed by atoms with van der Waals surface area (Å²) in [5.41, 5.74) is 2.48. The van der Waals surface area contributed by atoms with Crippen LogP contribution in [0.4, 0.5) is 0 Å². The zero-order valence-corrected chi connectivity index (χ0v) is 21.2. The van der Waals surface area contributed by atoms with Gasteiger partial charge in [0, 0.05) is 12.0 Å². The van der Waals surface area contributed by atoms with Crippen LogP contribution in [-0.4, -0.2) is 39.0 Å². The molecule has 4 nitrogen and oxygen atoms in total. The van der Waals surface area contributed by atoms with Gasteiger partial charge in [0.05, 0.1) is 33.0 Å². The van der Waals surface area contributed by atoms with Crippen molar-refractivity contribution in [1.29, 1.82) is 0 Å². The van der Waals surface area contributed by atoms with Crippen LogP contribution in [0.25, 0.3) is 0 Å². The van der Waals surface area contributed by atoms with Crippen molar-refractivity contribution >= 4 is 5.97 Å². The smallest absolute Gasteiger partial charge is 0.330 e. The van der Waals surface area contributed by atoms with Gasteiger partial charge in [-0.1, -0.05) is 38.5 Å². The van der Waals surface area contributed by atoms with Gasteiger partial charge in [0.25, 0.3) is 0 Å². The summed E-state index contributed by atoms with van der Waals surface area (Å²) in [5.74, 6) is 3.96. The average molecular weight is 457 g/mol. The number of carbonyl (C=O) groups is 1. The monoisotopic (exact) mass is 456 g/mol. The number of allylic oxidation sites excluding steroid dienone is 2. The van der Waals surface area contributed by atoms with Crippen LogP contribution in [0, 0.1) is 46.3 Å². The Bertz CT molecular complexity index is 797. The maximum absolute atomic E-state index is 11.6. The highest BCUT2D eigenvalue weighted by Crippen LogP contribution is 2.67. The minimum Gasteiger partial charge on any atom is -0.466 e. The lowest BCUT2D eigenvalue weighted by Gasteiger charge is -2.58. The molecular formula is C29H44O4. The Kier molecular flexibility index (Phi) is 6.54. The maximum Gasteiger partial charge on any atom is 0.330 e. The molecule has 0 bridgehead atoms. The normalized spacial score (nSPS) is 43.8. The lowest BCUT2D eigenvalue weighted by molar-refractivity contribution is -0.134. The van der Waals surface area contributed by atoms with E-state index in [1.165, 1.54) is 52.1 Å². The van der Waals surface area contributed by atoms with Crippen LogP contribution < -0.4 is 0 Å². The van der Waals surface area contributed by atoms with Crippen LogP contribution in [-0.2, 0) is 19.0 Å². The Morgan fingerprint density at radius 3 is 2.73 bits per heavy atom. The van der Waals surface area contributed by atoms with E-state index in [0.29, 0.717) is 34.7 Å². The van der Waals surface area contributed by atoms with E-state index >= 15 is 0 Å². The molecule has 4 fully saturated rings. The van der Waals surface area contributed by atoms with Gasteiger partial charge in [0.1, 0.15) is 0 Å². The molecular weight excluding hydrogens is 412 g/mol. The van der Waals surface area contributed by atoms with Gasteiger partial charge in [-0.2, -0.15) is 0 Å². The van der Waals surface area contributed by atoms with Gasteiger partial charge >= 0.3 is 5.97 Å². The van der Waals surface area contributed by atoms with Crippen molar-refractivity contribution in [1.82, 2.24) is 0 Å². The highest BCUT2D eigenvalue weighted by atomic mass is 16.5. The van der Waals surface area contributed by atoms with Crippen molar-refractivity contribution in [2.24, 2.45) is 46.3 Å². The number of carbonyl (C=O) groups excluding carboxylic acids is 1. The van der Waals surface area contributed by atoms with E-state index in [9.17, 15) is 4.79 Å². The second-order valence-corrected chi connectivity index (χ2v) is 12.3. The van der Waals surface area contributed by atoms with Crippen LogP contribution >= 0.6 is 0 Å². The Balaban J connectivity index is 1.27. The molecule has 0 aromatic rings. The minimum absolute atomic E-state index is 0.233. The molecule has 4 aliphatic carbocycles. The summed E-state index contributed by atoms with van der Waals surface area (Å²) in [6.45, 7) is 10.1. The van der Waals surface area contributed by atoms with E-state index < -0.39 is 0 Å². The molecule has 33 heavy (non-hydrogen) atoms. The Labute approximate surface area is 200 Å². The third-order valence-corrected chi connectivity index (χ3v) is 10.8. The maximum atomic E-state index is 11.6. The fourth-order valence-corrected chi connectivity index (χ4v) is 8.76. The second-order valence-electron chi connectivity index (χ2n) is 12.3. The first-order chi connectivity index (χ1) is 15.8. The van der Waals surface area contributed by atoms with Crippen molar-refractivity contribution < 1.29 is 19.0 Å². The number of ether oxygens (including phenoxy) is 3. The molecule has 1 saturated heterocycles. The van der Waals surface area contributed by atoms with Gasteiger partial charge in [-0.05, 0) is 91.8 Å². The van der Waals surface area contributed by atoms with E-state index in [4.69, 9.17) is 14.2 Å². The molecule has 0 unspecified atom stereocenters. The molecule has 0 aromatic heterocycles. The number of rotatable bonds is 6. The highest BCUT2D eigenvalue weighted by Gasteiger charge is 2.59. The third-order valence-electron chi connectivity index (χ3n) is 10.8. The molecule has 1 aliphatic heterocycles. The van der Waals surface area contributed by atoms with Crippen LogP contribution in [0.2, 0.25) is 0 Å². The van der Waals surface area contributed by atoms with Crippen molar-refractivity contribution in [3.63, 3.8) is 0 Å². The van der Waals surface area contributed by atoms with Gasteiger partial charge < -0.3 is 14.2 Å². The fourth-order valence-electron chi connectivity index (χ4n) is 8.76. The summed E-state index contributed by atoms with van der Waals surface area (Å²) in [6, 6.07) is 0. The minimum atomic E-state index is -0.233. The standard InChI is InChI=1S/C29H44O4/c1-19(5-10-27(30)31-4)24-8-9-25-23-7-6-21-15-22(33-18-20-16-32-17-20)11-13-28(21,2)26(23)12-14-29(24,25)3/h5-6,10,19-20,22-26H,7-9,11-18H2,1-4H3/b10-5+/t19-,22+,23+,24-,25+,26+,28+,29-/m1/s1. The molecule has 3 saturated carbocycles. The van der Waals surface area contributed by atoms with Crippen LogP contribution in [0.1, 0.15) is 72.1 Å². The van der Waals surface area contributed by atoms with E-state index in [2.05, 4.69) is 32.9 Å². The molecule has 1 heterocycles. The molecule has 0 amide bonds. The molecule has 8 atom stereocenters. The van der Waals surface area contributed by atoms with Crippen LogP contribution in [0.5, 0.6) is 0 Å². The van der Waals surface area contributed by atoms with Crippen molar-refractivity contribution in [3.05, 3.63) is 23.8 Å².